The van der Waals surface area contributed by atoms with Crippen molar-refractivity contribution in [2.24, 2.45) is 7.05 Å². The Hall–Kier alpha value is -1.62. The average Bonchev–Trinajstić information content (AvgIpc) is 2.89. The first-order valence-electron chi connectivity index (χ1n) is 7.52. The zero-order chi connectivity index (χ0) is 15.6. The van der Waals surface area contributed by atoms with Gasteiger partial charge in [0.25, 0.3) is 0 Å². The van der Waals surface area contributed by atoms with Crippen LogP contribution in [0.5, 0.6) is 0 Å². The van der Waals surface area contributed by atoms with Crippen LogP contribution in [0.15, 0.2) is 12.4 Å². The van der Waals surface area contributed by atoms with Gasteiger partial charge in [0.15, 0.2) is 0 Å². The molecule has 2 heterocycles. The van der Waals surface area contributed by atoms with Gasteiger partial charge in [-0.1, -0.05) is 0 Å². The number of hydrogen-bond donors (Lipinski definition) is 1. The van der Waals surface area contributed by atoms with Gasteiger partial charge in [-0.2, -0.15) is 5.10 Å². The summed E-state index contributed by atoms with van der Waals surface area (Å²) < 4.78 is 4.16. The third kappa shape index (κ3) is 3.94. The molecule has 5 nitrogen and oxygen atoms in total. The van der Waals surface area contributed by atoms with Crippen molar-refractivity contribution in [3.05, 3.63) is 35.2 Å². The predicted octanol–water partition coefficient (Wildman–Crippen LogP) is 2.36. The summed E-state index contributed by atoms with van der Waals surface area (Å²) in [6.45, 7) is 12.5. The quantitative estimate of drug-likeness (QED) is 0.919. The van der Waals surface area contributed by atoms with E-state index in [-0.39, 0.29) is 5.54 Å². The summed E-state index contributed by atoms with van der Waals surface area (Å²) in [5.74, 6) is 1.09. The van der Waals surface area contributed by atoms with Gasteiger partial charge in [0, 0.05) is 55.7 Å². The maximum Gasteiger partial charge on any atom is 0.110 e. The second-order valence-electron chi connectivity index (χ2n) is 6.68. The molecule has 2 aromatic heterocycles. The van der Waals surface area contributed by atoms with E-state index < -0.39 is 0 Å². The summed E-state index contributed by atoms with van der Waals surface area (Å²) >= 11 is 0. The van der Waals surface area contributed by atoms with Gasteiger partial charge in [-0.3, -0.25) is 4.68 Å². The molecule has 1 N–H and O–H groups in total. The maximum atomic E-state index is 4.68. The maximum absolute atomic E-state index is 4.68. The first kappa shape index (κ1) is 15.8. The van der Waals surface area contributed by atoms with Crippen LogP contribution in [-0.2, 0) is 26.6 Å². The van der Waals surface area contributed by atoms with Gasteiger partial charge in [-0.05, 0) is 34.6 Å². The fraction of sp³-hybridized carbons (Fsp3) is 0.625. The summed E-state index contributed by atoms with van der Waals surface area (Å²) in [4.78, 5) is 4.37. The van der Waals surface area contributed by atoms with Crippen molar-refractivity contribution in [1.82, 2.24) is 24.6 Å². The van der Waals surface area contributed by atoms with Gasteiger partial charge in [-0.25, -0.2) is 4.98 Å². The van der Waals surface area contributed by atoms with Crippen molar-refractivity contribution in [2.45, 2.75) is 59.7 Å². The van der Waals surface area contributed by atoms with Crippen LogP contribution >= 0.6 is 0 Å². The van der Waals surface area contributed by atoms with E-state index in [1.165, 1.54) is 11.3 Å². The second-order valence-corrected chi connectivity index (χ2v) is 6.68. The van der Waals surface area contributed by atoms with Gasteiger partial charge < -0.3 is 9.88 Å². The van der Waals surface area contributed by atoms with Crippen molar-refractivity contribution in [1.29, 1.82) is 0 Å². The summed E-state index contributed by atoms with van der Waals surface area (Å²) in [5, 5.41) is 8.22. The van der Waals surface area contributed by atoms with Crippen LogP contribution in [0.4, 0.5) is 0 Å². The number of aromatic nitrogens is 4. The van der Waals surface area contributed by atoms with E-state index in [0.717, 1.165) is 31.0 Å². The van der Waals surface area contributed by atoms with Crippen LogP contribution in [0.1, 0.15) is 43.5 Å². The lowest BCUT2D eigenvalue weighted by Gasteiger charge is -2.20. The molecule has 0 amide bonds. The standard InChI is InChI=1S/C16H27N5/c1-12-14(11-18-16(3,4)5)13(2)21(19-12)9-7-15-17-8-10-20(15)6/h8,10,18H,7,9,11H2,1-6H3. The number of nitrogens with one attached hydrogen (secondary N) is 1. The molecule has 0 unspecified atom stereocenters. The minimum atomic E-state index is 0.119. The van der Waals surface area contributed by atoms with Crippen LogP contribution in [-0.4, -0.2) is 24.9 Å². The zero-order valence-electron chi connectivity index (χ0n) is 14.1. The van der Waals surface area contributed by atoms with Gasteiger partial charge in [-0.15, -0.1) is 0 Å². The van der Waals surface area contributed by atoms with E-state index in [0.29, 0.717) is 0 Å². The molecule has 5 heteroatoms. The third-order valence-electron chi connectivity index (χ3n) is 3.80. The molecule has 0 bridgehead atoms. The molecule has 0 aliphatic heterocycles. The molecular formula is C16H27N5. The average molecular weight is 289 g/mol. The van der Waals surface area contributed by atoms with Crippen LogP contribution < -0.4 is 5.32 Å². The molecule has 0 fully saturated rings. The van der Waals surface area contributed by atoms with E-state index in [9.17, 15) is 0 Å². The summed E-state index contributed by atoms with van der Waals surface area (Å²) in [6, 6.07) is 0. The van der Waals surface area contributed by atoms with Crippen molar-refractivity contribution in [3.8, 4) is 0 Å². The van der Waals surface area contributed by atoms with Crippen molar-refractivity contribution in [3.63, 3.8) is 0 Å². The van der Waals surface area contributed by atoms with Crippen LogP contribution in [0, 0.1) is 13.8 Å². The second kappa shape index (κ2) is 6.02. The van der Waals surface area contributed by atoms with E-state index in [1.54, 1.807) is 0 Å². The topological polar surface area (TPSA) is 47.7 Å². The molecule has 0 radical (unpaired) electrons. The van der Waals surface area contributed by atoms with Gasteiger partial charge >= 0.3 is 0 Å². The van der Waals surface area contributed by atoms with E-state index in [4.69, 9.17) is 0 Å². The highest BCUT2D eigenvalue weighted by atomic mass is 15.3. The van der Waals surface area contributed by atoms with Gasteiger partial charge in [0.05, 0.1) is 5.69 Å². The molecule has 0 aromatic carbocycles. The summed E-state index contributed by atoms with van der Waals surface area (Å²) in [7, 11) is 2.03. The monoisotopic (exact) mass is 289 g/mol. The lowest BCUT2D eigenvalue weighted by molar-refractivity contribution is 0.423. The Bertz CT molecular complexity index is 601. The highest BCUT2D eigenvalue weighted by molar-refractivity contribution is 5.24. The first-order valence-corrected chi connectivity index (χ1v) is 7.52. The fourth-order valence-electron chi connectivity index (χ4n) is 2.40. The number of nitrogens with zero attached hydrogens (tertiary/aromatic N) is 4. The number of aryl methyl sites for hydroxylation is 4. The first-order chi connectivity index (χ1) is 9.78. The van der Waals surface area contributed by atoms with E-state index in [1.807, 2.05) is 19.4 Å². The summed E-state index contributed by atoms with van der Waals surface area (Å²) in [6.07, 6.45) is 4.72. The molecule has 2 rings (SSSR count). The molecule has 0 aliphatic carbocycles. The highest BCUT2D eigenvalue weighted by Crippen LogP contribution is 2.15. The Balaban J connectivity index is 2.06. The highest BCUT2D eigenvalue weighted by Gasteiger charge is 2.15. The molecule has 0 atom stereocenters. The van der Waals surface area contributed by atoms with Crippen LogP contribution in [0.3, 0.4) is 0 Å². The van der Waals surface area contributed by atoms with Crippen LogP contribution in [0.25, 0.3) is 0 Å². The number of imidazole rings is 1. The molecule has 0 spiro atoms. The van der Waals surface area contributed by atoms with Crippen LogP contribution in [0.2, 0.25) is 0 Å². The largest absolute Gasteiger partial charge is 0.338 e. The molecular weight excluding hydrogens is 262 g/mol. The lowest BCUT2D eigenvalue weighted by atomic mass is 10.1. The lowest BCUT2D eigenvalue weighted by Crippen LogP contribution is -2.35. The van der Waals surface area contributed by atoms with Gasteiger partial charge in [0.2, 0.25) is 0 Å². The van der Waals surface area contributed by atoms with Crippen molar-refractivity contribution < 1.29 is 0 Å². The SMILES string of the molecule is Cc1nn(CCc2nccn2C)c(C)c1CNC(C)(C)C. The van der Waals surface area contributed by atoms with Crippen molar-refractivity contribution in [2.75, 3.05) is 0 Å². The van der Waals surface area contributed by atoms with Gasteiger partial charge in [0.1, 0.15) is 5.82 Å². The van der Waals surface area contributed by atoms with E-state index >= 15 is 0 Å². The number of hydrogen-bond acceptors (Lipinski definition) is 3. The smallest absolute Gasteiger partial charge is 0.110 e. The Morgan fingerprint density at radius 1 is 1.24 bits per heavy atom. The summed E-state index contributed by atoms with van der Waals surface area (Å²) in [5.41, 5.74) is 3.79. The fourth-order valence-corrected chi connectivity index (χ4v) is 2.40. The third-order valence-corrected chi connectivity index (χ3v) is 3.80. The normalized spacial score (nSPS) is 12.1. The Kier molecular flexibility index (Phi) is 4.52. The predicted molar refractivity (Wildman–Crippen MR) is 85.2 cm³/mol. The molecule has 21 heavy (non-hydrogen) atoms. The Morgan fingerprint density at radius 2 is 1.95 bits per heavy atom. The molecule has 0 aliphatic rings. The molecule has 116 valence electrons. The zero-order valence-corrected chi connectivity index (χ0v) is 14.1. The minimum Gasteiger partial charge on any atom is -0.338 e. The minimum absolute atomic E-state index is 0.119. The molecule has 2 aromatic rings. The van der Waals surface area contributed by atoms with Crippen molar-refractivity contribution >= 4 is 0 Å². The number of rotatable bonds is 5. The molecule has 0 saturated carbocycles. The molecule has 0 saturated heterocycles. The Labute approximate surface area is 127 Å². The Morgan fingerprint density at radius 3 is 2.52 bits per heavy atom. The van der Waals surface area contributed by atoms with E-state index in [2.05, 4.69) is 59.3 Å².